The van der Waals surface area contributed by atoms with Gasteiger partial charge in [-0.2, -0.15) is 0 Å². The molecule has 1 fully saturated rings. The molecule has 2 aromatic heterocycles. The lowest BCUT2D eigenvalue weighted by Gasteiger charge is -2.25. The number of carbonyl (C=O) groups is 1. The van der Waals surface area contributed by atoms with Crippen LogP contribution in [0.15, 0.2) is 54.9 Å². The average Bonchev–Trinajstić information content (AvgIpc) is 3.39. The Hall–Kier alpha value is -3.34. The summed E-state index contributed by atoms with van der Waals surface area (Å²) in [5, 5.41) is 1.26. The molecule has 5 heteroatoms. The van der Waals surface area contributed by atoms with E-state index in [4.69, 9.17) is 4.74 Å². The highest BCUT2D eigenvalue weighted by Gasteiger charge is 2.29. The maximum atomic E-state index is 12.4. The van der Waals surface area contributed by atoms with Crippen molar-refractivity contribution in [2.75, 3.05) is 7.11 Å². The Kier molecular flexibility index (Phi) is 4.63. The minimum atomic E-state index is -0.297. The van der Waals surface area contributed by atoms with Crippen LogP contribution >= 0.6 is 0 Å². The molecule has 0 saturated heterocycles. The quantitative estimate of drug-likeness (QED) is 0.338. The number of hydrogen-bond donors (Lipinski definition) is 0. The molecule has 0 amide bonds. The van der Waals surface area contributed by atoms with Gasteiger partial charge in [0.05, 0.1) is 30.4 Å². The van der Waals surface area contributed by atoms with Gasteiger partial charge in [-0.05, 0) is 42.0 Å². The van der Waals surface area contributed by atoms with Crippen LogP contribution in [0.25, 0.3) is 22.2 Å². The summed E-state index contributed by atoms with van der Waals surface area (Å²) in [7, 11) is 1.44. The summed E-state index contributed by atoms with van der Waals surface area (Å²) < 4.78 is 9.66. The van der Waals surface area contributed by atoms with Crippen LogP contribution in [0.4, 0.5) is 0 Å². The summed E-state index contributed by atoms with van der Waals surface area (Å²) in [4.78, 5) is 17.0. The third kappa shape index (κ3) is 2.99. The van der Waals surface area contributed by atoms with Crippen molar-refractivity contribution in [1.82, 2.24) is 14.1 Å². The van der Waals surface area contributed by atoms with Gasteiger partial charge < -0.3 is 13.9 Å². The minimum absolute atomic E-state index is 0.297. The molecule has 32 heavy (non-hydrogen) atoms. The number of hydrogen-bond acceptors (Lipinski definition) is 3. The summed E-state index contributed by atoms with van der Waals surface area (Å²) >= 11 is 0. The van der Waals surface area contributed by atoms with Crippen molar-refractivity contribution in [3.8, 4) is 11.3 Å². The molecule has 1 aliphatic heterocycles. The Bertz CT molecular complexity index is 1320. The first kappa shape index (κ1) is 19.4. The lowest BCUT2D eigenvalue weighted by atomic mass is 9.81. The number of benzene rings is 2. The van der Waals surface area contributed by atoms with Crippen LogP contribution in [0.1, 0.15) is 65.3 Å². The van der Waals surface area contributed by atoms with Gasteiger partial charge in [0.1, 0.15) is 5.82 Å². The normalized spacial score (nSPS) is 16.0. The summed E-state index contributed by atoms with van der Waals surface area (Å²) in [6.07, 6.45) is 10.3. The van der Waals surface area contributed by atoms with E-state index >= 15 is 0 Å². The lowest BCUT2D eigenvalue weighted by Crippen LogP contribution is -2.15. The number of carbonyl (C=O) groups excluding carboxylic acids is 1. The molecule has 2 aliphatic rings. The number of methoxy groups -OCH3 is 1. The highest BCUT2D eigenvalue weighted by atomic mass is 16.5. The number of nitrogens with zero attached hydrogens (tertiary/aromatic N) is 3. The number of imidazole rings is 1. The molecule has 1 saturated carbocycles. The Morgan fingerprint density at radius 1 is 1.06 bits per heavy atom. The highest BCUT2D eigenvalue weighted by molar-refractivity contribution is 5.99. The monoisotopic (exact) mass is 425 g/mol. The van der Waals surface area contributed by atoms with Gasteiger partial charge in [-0.25, -0.2) is 9.78 Å². The molecule has 0 bridgehead atoms. The van der Waals surface area contributed by atoms with Crippen LogP contribution in [0.2, 0.25) is 0 Å². The van der Waals surface area contributed by atoms with Gasteiger partial charge >= 0.3 is 5.97 Å². The van der Waals surface area contributed by atoms with Crippen molar-refractivity contribution in [3.63, 3.8) is 0 Å². The Labute approximate surface area is 187 Å². The van der Waals surface area contributed by atoms with E-state index < -0.39 is 0 Å². The highest BCUT2D eigenvalue weighted by Crippen LogP contribution is 2.45. The molecule has 6 rings (SSSR count). The van der Waals surface area contributed by atoms with Crippen molar-refractivity contribution in [1.29, 1.82) is 0 Å². The average molecular weight is 426 g/mol. The third-order valence-corrected chi connectivity index (χ3v) is 7.25. The molecule has 2 aromatic carbocycles. The Morgan fingerprint density at radius 3 is 2.75 bits per heavy atom. The maximum Gasteiger partial charge on any atom is 0.337 e. The van der Waals surface area contributed by atoms with E-state index in [0.717, 1.165) is 17.9 Å². The first-order chi connectivity index (χ1) is 15.7. The van der Waals surface area contributed by atoms with Gasteiger partial charge in [-0.15, -0.1) is 0 Å². The standard InChI is InChI=1S/C27H27N3O2/c1-32-27(31)19-11-12-22-23(15-19)30-17-24-28-13-14-29(24)16-20-9-5-6-10-21(20)26(30)25(22)18-7-3-2-4-8-18/h5-6,9-15,18H,2-4,7-8,16-17H2,1H3. The Morgan fingerprint density at radius 2 is 1.91 bits per heavy atom. The molecule has 0 radical (unpaired) electrons. The molecule has 0 atom stereocenters. The van der Waals surface area contributed by atoms with Crippen molar-refractivity contribution in [2.45, 2.75) is 51.1 Å². The van der Waals surface area contributed by atoms with E-state index in [-0.39, 0.29) is 5.97 Å². The largest absolute Gasteiger partial charge is 0.465 e. The van der Waals surface area contributed by atoms with Crippen molar-refractivity contribution in [2.24, 2.45) is 0 Å². The van der Waals surface area contributed by atoms with Gasteiger partial charge in [0.2, 0.25) is 0 Å². The fraction of sp³-hybridized carbons (Fsp3) is 0.333. The van der Waals surface area contributed by atoms with E-state index in [2.05, 4.69) is 50.6 Å². The molecule has 3 heterocycles. The van der Waals surface area contributed by atoms with Gasteiger partial charge in [0.15, 0.2) is 0 Å². The molecule has 0 N–H and O–H groups in total. The van der Waals surface area contributed by atoms with Gasteiger partial charge in [-0.1, -0.05) is 49.6 Å². The molecule has 0 spiro atoms. The number of ether oxygens (including phenoxy) is 1. The second kappa shape index (κ2) is 7.66. The van der Waals surface area contributed by atoms with Crippen LogP contribution in [0, 0.1) is 0 Å². The zero-order chi connectivity index (χ0) is 21.7. The number of aromatic nitrogens is 3. The lowest BCUT2D eigenvalue weighted by molar-refractivity contribution is 0.0601. The molecule has 4 aromatic rings. The van der Waals surface area contributed by atoms with Crippen LogP contribution in [0.5, 0.6) is 0 Å². The van der Waals surface area contributed by atoms with Gasteiger partial charge in [0.25, 0.3) is 0 Å². The second-order valence-electron chi connectivity index (χ2n) is 9.04. The topological polar surface area (TPSA) is 49.1 Å². The van der Waals surface area contributed by atoms with Crippen LogP contribution in [-0.2, 0) is 17.8 Å². The Balaban J connectivity index is 1.70. The zero-order valence-corrected chi connectivity index (χ0v) is 18.4. The minimum Gasteiger partial charge on any atom is -0.465 e. The summed E-state index contributed by atoms with van der Waals surface area (Å²) in [5.74, 6) is 1.28. The van der Waals surface area contributed by atoms with Crippen LogP contribution in [-0.4, -0.2) is 27.2 Å². The molecule has 0 unspecified atom stereocenters. The number of rotatable bonds is 2. The molecular formula is C27H27N3O2. The first-order valence-corrected chi connectivity index (χ1v) is 11.6. The SMILES string of the molecule is COC(=O)c1ccc2c(C3CCCCC3)c3n(c2c1)Cc1nccn1Cc1ccccc1-3. The fourth-order valence-corrected chi connectivity index (χ4v) is 5.73. The second-order valence-corrected chi connectivity index (χ2v) is 9.04. The number of fused-ring (bicyclic) bond motifs is 6. The van der Waals surface area contributed by atoms with E-state index in [0.29, 0.717) is 18.0 Å². The fourth-order valence-electron chi connectivity index (χ4n) is 5.73. The van der Waals surface area contributed by atoms with Crippen molar-refractivity contribution in [3.05, 3.63) is 77.4 Å². The predicted molar refractivity (Wildman–Crippen MR) is 125 cm³/mol. The van der Waals surface area contributed by atoms with Gasteiger partial charge in [-0.3, -0.25) is 0 Å². The van der Waals surface area contributed by atoms with Crippen molar-refractivity contribution >= 4 is 16.9 Å². The van der Waals surface area contributed by atoms with E-state index in [1.54, 1.807) is 0 Å². The van der Waals surface area contributed by atoms with Gasteiger partial charge in [0, 0.05) is 29.9 Å². The maximum absolute atomic E-state index is 12.4. The third-order valence-electron chi connectivity index (χ3n) is 7.25. The molecular weight excluding hydrogens is 398 g/mol. The van der Waals surface area contributed by atoms with E-state index in [1.807, 2.05) is 18.3 Å². The van der Waals surface area contributed by atoms with E-state index in [9.17, 15) is 4.79 Å². The number of esters is 1. The molecule has 5 nitrogen and oxygen atoms in total. The first-order valence-electron chi connectivity index (χ1n) is 11.6. The smallest absolute Gasteiger partial charge is 0.337 e. The van der Waals surface area contributed by atoms with E-state index in [1.165, 1.54) is 67.0 Å². The summed E-state index contributed by atoms with van der Waals surface area (Å²) in [6.45, 7) is 1.51. The summed E-state index contributed by atoms with van der Waals surface area (Å²) in [6, 6.07) is 14.8. The summed E-state index contributed by atoms with van der Waals surface area (Å²) in [5.41, 5.74) is 7.04. The van der Waals surface area contributed by atoms with Crippen LogP contribution in [0.3, 0.4) is 0 Å². The van der Waals surface area contributed by atoms with Crippen LogP contribution < -0.4 is 0 Å². The molecule has 162 valence electrons. The predicted octanol–water partition coefficient (Wildman–Crippen LogP) is 5.75. The van der Waals surface area contributed by atoms with Crippen molar-refractivity contribution < 1.29 is 9.53 Å². The molecule has 1 aliphatic carbocycles. The zero-order valence-electron chi connectivity index (χ0n) is 18.4.